The van der Waals surface area contributed by atoms with Gasteiger partial charge in [-0.15, -0.1) is 0 Å². The third-order valence-corrected chi connectivity index (χ3v) is 7.16. The maximum atomic E-state index is 12.9. The van der Waals surface area contributed by atoms with Crippen molar-refractivity contribution in [3.8, 4) is 5.75 Å². The standard InChI is InChI=1S/C23H13Br2Cl2NO3S/c24-17-8-13(9-18(25)21(17)31-12-14-4-1-2-7-19(14)27)10-20-22(29)28(23(30)32-20)16-6-3-5-15(26)11-16/h1-11H,12H2. The first kappa shape index (κ1) is 23.4. The first-order valence-corrected chi connectivity index (χ1v) is 12.4. The third kappa shape index (κ3) is 5.07. The molecule has 0 unspecified atom stereocenters. The number of hydrogen-bond donors (Lipinski definition) is 0. The Labute approximate surface area is 215 Å². The number of thioether (sulfide) groups is 1. The highest BCUT2D eigenvalue weighted by atomic mass is 79.9. The highest BCUT2D eigenvalue weighted by Gasteiger charge is 2.36. The average molecular weight is 614 g/mol. The summed E-state index contributed by atoms with van der Waals surface area (Å²) in [5.74, 6) is 0.211. The van der Waals surface area contributed by atoms with Crippen molar-refractivity contribution < 1.29 is 14.3 Å². The number of imide groups is 1. The molecule has 0 saturated carbocycles. The largest absolute Gasteiger partial charge is 0.486 e. The number of nitrogens with zero attached hydrogens (tertiary/aromatic N) is 1. The number of amides is 2. The van der Waals surface area contributed by atoms with Gasteiger partial charge in [0.05, 0.1) is 19.5 Å². The molecule has 0 aliphatic carbocycles. The number of ether oxygens (including phenoxy) is 1. The smallest absolute Gasteiger partial charge is 0.298 e. The van der Waals surface area contributed by atoms with E-state index >= 15 is 0 Å². The Hall–Kier alpha value is -1.77. The summed E-state index contributed by atoms with van der Waals surface area (Å²) in [6.07, 6.45) is 1.67. The van der Waals surface area contributed by atoms with Crippen molar-refractivity contribution in [1.82, 2.24) is 0 Å². The molecule has 1 fully saturated rings. The number of carbonyl (C=O) groups excluding carboxylic acids is 2. The van der Waals surface area contributed by atoms with Gasteiger partial charge in [0.25, 0.3) is 11.1 Å². The Morgan fingerprint density at radius 2 is 1.69 bits per heavy atom. The van der Waals surface area contributed by atoms with E-state index in [1.807, 2.05) is 36.4 Å². The molecular formula is C23H13Br2Cl2NO3S. The van der Waals surface area contributed by atoms with Crippen LogP contribution in [0.3, 0.4) is 0 Å². The SMILES string of the molecule is O=C1SC(=Cc2cc(Br)c(OCc3ccccc3Cl)c(Br)c2)C(=O)N1c1cccc(Cl)c1. The molecular weight excluding hydrogens is 601 g/mol. The van der Waals surface area contributed by atoms with Gasteiger partial charge in [-0.05, 0) is 91.7 Å². The van der Waals surface area contributed by atoms with Gasteiger partial charge in [-0.1, -0.05) is 47.5 Å². The maximum absolute atomic E-state index is 12.9. The molecule has 0 atom stereocenters. The van der Waals surface area contributed by atoms with Crippen LogP contribution in [0.2, 0.25) is 10.0 Å². The molecule has 162 valence electrons. The van der Waals surface area contributed by atoms with Gasteiger partial charge in [0.1, 0.15) is 12.4 Å². The summed E-state index contributed by atoms with van der Waals surface area (Å²) < 4.78 is 7.33. The van der Waals surface area contributed by atoms with E-state index in [2.05, 4.69) is 31.9 Å². The Balaban J connectivity index is 1.56. The van der Waals surface area contributed by atoms with Crippen molar-refractivity contribution in [2.45, 2.75) is 6.61 Å². The lowest BCUT2D eigenvalue weighted by molar-refractivity contribution is -0.113. The molecule has 3 aromatic rings. The van der Waals surface area contributed by atoms with Crippen LogP contribution in [-0.4, -0.2) is 11.1 Å². The molecule has 32 heavy (non-hydrogen) atoms. The van der Waals surface area contributed by atoms with E-state index in [1.165, 1.54) is 0 Å². The summed E-state index contributed by atoms with van der Waals surface area (Å²) >= 11 is 20.1. The predicted octanol–water partition coefficient (Wildman–Crippen LogP) is 8.34. The third-order valence-electron chi connectivity index (χ3n) is 4.51. The van der Waals surface area contributed by atoms with Gasteiger partial charge >= 0.3 is 0 Å². The summed E-state index contributed by atoms with van der Waals surface area (Å²) in [5.41, 5.74) is 2.03. The van der Waals surface area contributed by atoms with Crippen LogP contribution in [0, 0.1) is 0 Å². The predicted molar refractivity (Wildman–Crippen MR) is 138 cm³/mol. The zero-order valence-electron chi connectivity index (χ0n) is 16.2. The number of anilines is 1. The fraction of sp³-hybridized carbons (Fsp3) is 0.0435. The van der Waals surface area contributed by atoms with Crippen LogP contribution >= 0.6 is 66.8 Å². The Morgan fingerprint density at radius 3 is 2.38 bits per heavy atom. The van der Waals surface area contributed by atoms with Gasteiger partial charge in [-0.3, -0.25) is 9.59 Å². The highest BCUT2D eigenvalue weighted by molar-refractivity contribution is 9.11. The first-order valence-electron chi connectivity index (χ1n) is 9.22. The minimum Gasteiger partial charge on any atom is -0.486 e. The van der Waals surface area contributed by atoms with Crippen molar-refractivity contribution in [2.75, 3.05) is 4.90 Å². The van der Waals surface area contributed by atoms with Crippen LogP contribution in [0.25, 0.3) is 6.08 Å². The Bertz CT molecular complexity index is 1240. The van der Waals surface area contributed by atoms with Crippen LogP contribution in [0.15, 0.2) is 74.5 Å². The quantitative estimate of drug-likeness (QED) is 0.271. The molecule has 9 heteroatoms. The minimum absolute atomic E-state index is 0.300. The van der Waals surface area contributed by atoms with Crippen LogP contribution in [0.4, 0.5) is 10.5 Å². The van der Waals surface area contributed by atoms with Gasteiger partial charge in [-0.2, -0.15) is 0 Å². The van der Waals surface area contributed by atoms with Crippen LogP contribution in [-0.2, 0) is 11.4 Å². The van der Waals surface area contributed by atoms with E-state index < -0.39 is 5.91 Å². The van der Waals surface area contributed by atoms with Crippen molar-refractivity contribution >= 4 is 89.7 Å². The van der Waals surface area contributed by atoms with Gasteiger partial charge in [0.2, 0.25) is 0 Å². The molecule has 1 aliphatic rings. The molecule has 1 saturated heterocycles. The monoisotopic (exact) mass is 611 g/mol. The van der Waals surface area contributed by atoms with E-state index in [4.69, 9.17) is 27.9 Å². The zero-order chi connectivity index (χ0) is 22.8. The first-order chi connectivity index (χ1) is 15.3. The van der Waals surface area contributed by atoms with Gasteiger partial charge < -0.3 is 4.74 Å². The van der Waals surface area contributed by atoms with E-state index in [-0.39, 0.29) is 5.24 Å². The summed E-state index contributed by atoms with van der Waals surface area (Å²) in [7, 11) is 0. The lowest BCUT2D eigenvalue weighted by Gasteiger charge is -2.13. The van der Waals surface area contributed by atoms with Crippen molar-refractivity contribution in [2.24, 2.45) is 0 Å². The zero-order valence-corrected chi connectivity index (χ0v) is 21.7. The van der Waals surface area contributed by atoms with Gasteiger partial charge in [-0.25, -0.2) is 4.90 Å². The Kier molecular flexibility index (Phi) is 7.32. The topological polar surface area (TPSA) is 46.6 Å². The van der Waals surface area contributed by atoms with Crippen LogP contribution < -0.4 is 9.64 Å². The molecule has 4 rings (SSSR count). The molecule has 0 N–H and O–H groups in total. The number of rotatable bonds is 5. The van der Waals surface area contributed by atoms with E-state index in [1.54, 1.807) is 30.3 Å². The second kappa shape index (κ2) is 10.0. The van der Waals surface area contributed by atoms with Crippen molar-refractivity contribution in [1.29, 1.82) is 0 Å². The lowest BCUT2D eigenvalue weighted by Crippen LogP contribution is -2.27. The summed E-state index contributed by atoms with van der Waals surface area (Å²) in [5, 5.41) is 0.707. The highest BCUT2D eigenvalue weighted by Crippen LogP contribution is 2.39. The molecule has 0 bridgehead atoms. The van der Waals surface area contributed by atoms with Gasteiger partial charge in [0.15, 0.2) is 0 Å². The average Bonchev–Trinajstić information content (AvgIpc) is 3.01. The molecule has 0 spiro atoms. The van der Waals surface area contributed by atoms with Crippen molar-refractivity contribution in [3.63, 3.8) is 0 Å². The molecule has 4 nitrogen and oxygen atoms in total. The fourth-order valence-corrected chi connectivity index (χ4v) is 5.69. The molecule has 1 heterocycles. The second-order valence-corrected chi connectivity index (χ2v) is 10.2. The van der Waals surface area contributed by atoms with Crippen LogP contribution in [0.5, 0.6) is 5.75 Å². The number of hydrogen-bond acceptors (Lipinski definition) is 4. The van der Waals surface area contributed by atoms with Crippen LogP contribution in [0.1, 0.15) is 11.1 Å². The molecule has 1 aliphatic heterocycles. The van der Waals surface area contributed by atoms with E-state index in [9.17, 15) is 9.59 Å². The molecule has 2 amide bonds. The number of carbonyl (C=O) groups is 2. The minimum atomic E-state index is -0.395. The lowest BCUT2D eigenvalue weighted by atomic mass is 10.2. The fourth-order valence-electron chi connectivity index (χ4n) is 3.02. The summed E-state index contributed by atoms with van der Waals surface area (Å²) in [6.45, 7) is 0.300. The second-order valence-electron chi connectivity index (χ2n) is 6.69. The number of benzene rings is 3. The molecule has 3 aromatic carbocycles. The van der Waals surface area contributed by atoms with Crippen molar-refractivity contribution in [3.05, 3.63) is 95.7 Å². The molecule has 0 radical (unpaired) electrons. The Morgan fingerprint density at radius 1 is 0.969 bits per heavy atom. The van der Waals surface area contributed by atoms with E-state index in [0.717, 1.165) is 27.8 Å². The summed E-state index contributed by atoms with van der Waals surface area (Å²) in [6, 6.07) is 17.7. The van der Waals surface area contributed by atoms with Gasteiger partial charge in [0, 0.05) is 15.6 Å². The summed E-state index contributed by atoms with van der Waals surface area (Å²) in [4.78, 5) is 26.8. The van der Waals surface area contributed by atoms with E-state index in [0.29, 0.717) is 41.9 Å². The molecule has 0 aromatic heterocycles. The normalized spacial score (nSPS) is 15.0. The number of halogens is 4. The maximum Gasteiger partial charge on any atom is 0.298 e.